The van der Waals surface area contributed by atoms with Crippen LogP contribution in [0.3, 0.4) is 0 Å². The molecule has 0 amide bonds. The van der Waals surface area contributed by atoms with E-state index in [1.807, 2.05) is 81.4 Å². The summed E-state index contributed by atoms with van der Waals surface area (Å²) in [4.78, 5) is 32.7. The molecule has 0 aliphatic carbocycles. The highest BCUT2D eigenvalue weighted by Crippen LogP contribution is 2.39. The molecule has 0 bridgehead atoms. The van der Waals surface area contributed by atoms with Crippen molar-refractivity contribution in [3.8, 4) is 17.2 Å². The number of rotatable bonds is 11. The number of hydrogen-bond acceptors (Lipinski definition) is 8. The molecule has 2 heterocycles. The van der Waals surface area contributed by atoms with Crippen molar-refractivity contribution in [2.75, 3.05) is 13.2 Å². The summed E-state index contributed by atoms with van der Waals surface area (Å²) in [5.74, 6) is 1.09. The van der Waals surface area contributed by atoms with Gasteiger partial charge in [-0.1, -0.05) is 59.3 Å². The second-order valence-corrected chi connectivity index (χ2v) is 12.9. The van der Waals surface area contributed by atoms with Gasteiger partial charge in [-0.2, -0.15) is 0 Å². The first kappa shape index (κ1) is 33.5. The maximum atomic E-state index is 14.2. The topological polar surface area (TPSA) is 88.4 Å². The van der Waals surface area contributed by atoms with Crippen molar-refractivity contribution >= 4 is 50.9 Å². The standard InChI is InChI=1S/C35H34BrClN2O6S/c1-6-42-28-17-22(16-25(36)32(28)44-19-23-12-8-10-14-26(23)37)18-29-33(40)39-31(24-13-9-11-15-27(24)45-20(3)4)30(34(41)43-7-2)21(5)38-35(39)46-29/h8-18,20,31H,6-7,19H2,1-5H3/b29-18-/t31-/m1/s1. The van der Waals surface area contributed by atoms with Gasteiger partial charge in [-0.15, -0.1) is 0 Å². The molecule has 0 saturated carbocycles. The number of esters is 1. The van der Waals surface area contributed by atoms with Gasteiger partial charge in [0.05, 0.1) is 39.6 Å². The SMILES string of the molecule is CCOC(=O)C1=C(C)N=c2s/c(=C\c3cc(Br)c(OCc4ccccc4Cl)c(OCC)c3)c(=O)n2[C@@H]1c1ccccc1OC(C)C. The largest absolute Gasteiger partial charge is 0.491 e. The second kappa shape index (κ2) is 14.7. The summed E-state index contributed by atoms with van der Waals surface area (Å²) in [5.41, 5.74) is 2.71. The summed E-state index contributed by atoms with van der Waals surface area (Å²) in [5, 5.41) is 0.613. The zero-order valence-electron chi connectivity index (χ0n) is 26.1. The number of para-hydroxylation sites is 1. The minimum atomic E-state index is -0.793. The second-order valence-electron chi connectivity index (χ2n) is 10.6. The van der Waals surface area contributed by atoms with Crippen LogP contribution in [-0.2, 0) is 16.1 Å². The molecule has 46 heavy (non-hydrogen) atoms. The lowest BCUT2D eigenvalue weighted by Gasteiger charge is -2.26. The number of benzene rings is 3. The molecular weight excluding hydrogens is 692 g/mol. The highest BCUT2D eigenvalue weighted by atomic mass is 79.9. The summed E-state index contributed by atoms with van der Waals surface area (Å²) >= 11 is 11.2. The summed E-state index contributed by atoms with van der Waals surface area (Å²) in [6, 6.07) is 17.8. The molecule has 240 valence electrons. The highest BCUT2D eigenvalue weighted by Gasteiger charge is 2.35. The van der Waals surface area contributed by atoms with Gasteiger partial charge in [-0.3, -0.25) is 9.36 Å². The van der Waals surface area contributed by atoms with Crippen molar-refractivity contribution < 1.29 is 23.7 Å². The Bertz CT molecular complexity index is 1980. The lowest BCUT2D eigenvalue weighted by molar-refractivity contribution is -0.139. The molecule has 1 atom stereocenters. The van der Waals surface area contributed by atoms with Crippen LogP contribution in [0.2, 0.25) is 5.02 Å². The Kier molecular flexibility index (Phi) is 10.7. The minimum Gasteiger partial charge on any atom is -0.491 e. The summed E-state index contributed by atoms with van der Waals surface area (Å²) in [6.07, 6.45) is 1.66. The van der Waals surface area contributed by atoms with E-state index in [1.54, 1.807) is 24.5 Å². The van der Waals surface area contributed by atoms with Crippen molar-refractivity contribution in [3.05, 3.63) is 118 Å². The molecule has 0 spiro atoms. The maximum absolute atomic E-state index is 14.2. The number of nitrogens with zero attached hydrogens (tertiary/aromatic N) is 2. The lowest BCUT2D eigenvalue weighted by Crippen LogP contribution is -2.40. The first-order valence-corrected chi connectivity index (χ1v) is 16.9. The molecule has 5 rings (SSSR count). The Morgan fingerprint density at radius 3 is 2.52 bits per heavy atom. The third-order valence-electron chi connectivity index (χ3n) is 7.05. The third kappa shape index (κ3) is 7.09. The number of fused-ring (bicyclic) bond motifs is 1. The van der Waals surface area contributed by atoms with Gasteiger partial charge < -0.3 is 18.9 Å². The van der Waals surface area contributed by atoms with Crippen LogP contribution in [0.15, 0.2) is 86.2 Å². The molecule has 0 radical (unpaired) electrons. The molecule has 1 aliphatic rings. The predicted octanol–water partition coefficient (Wildman–Crippen LogP) is 6.98. The highest BCUT2D eigenvalue weighted by molar-refractivity contribution is 9.10. The number of carbonyl (C=O) groups excluding carboxylic acids is 1. The average Bonchev–Trinajstić information content (AvgIpc) is 3.31. The van der Waals surface area contributed by atoms with E-state index in [1.165, 1.54) is 11.3 Å². The number of ether oxygens (including phenoxy) is 4. The molecule has 11 heteroatoms. The smallest absolute Gasteiger partial charge is 0.338 e. The van der Waals surface area contributed by atoms with Crippen LogP contribution >= 0.6 is 38.9 Å². The fourth-order valence-electron chi connectivity index (χ4n) is 5.14. The van der Waals surface area contributed by atoms with E-state index >= 15 is 0 Å². The Labute approximate surface area is 284 Å². The van der Waals surface area contributed by atoms with Crippen LogP contribution in [-0.4, -0.2) is 29.9 Å². The molecule has 1 aromatic heterocycles. The van der Waals surface area contributed by atoms with Crippen molar-refractivity contribution in [2.24, 2.45) is 4.99 Å². The van der Waals surface area contributed by atoms with Gasteiger partial charge in [0.15, 0.2) is 16.3 Å². The van der Waals surface area contributed by atoms with E-state index in [9.17, 15) is 9.59 Å². The van der Waals surface area contributed by atoms with Crippen molar-refractivity contribution in [1.82, 2.24) is 4.57 Å². The van der Waals surface area contributed by atoms with Crippen LogP contribution in [0.25, 0.3) is 6.08 Å². The monoisotopic (exact) mass is 724 g/mol. The number of carbonyl (C=O) groups is 1. The molecule has 1 aliphatic heterocycles. The van der Waals surface area contributed by atoms with E-state index in [-0.39, 0.29) is 24.9 Å². The van der Waals surface area contributed by atoms with Gasteiger partial charge in [-0.05, 0) is 86.5 Å². The van der Waals surface area contributed by atoms with Crippen molar-refractivity contribution in [2.45, 2.75) is 53.4 Å². The number of thiazole rings is 1. The molecule has 4 aromatic rings. The molecule has 0 saturated heterocycles. The zero-order chi connectivity index (χ0) is 33.0. The van der Waals surface area contributed by atoms with E-state index in [2.05, 4.69) is 15.9 Å². The third-order valence-corrected chi connectivity index (χ3v) is 8.99. The number of allylic oxidation sites excluding steroid dienone is 1. The molecule has 8 nitrogen and oxygen atoms in total. The molecular formula is C35H34BrClN2O6S. The number of hydrogen-bond donors (Lipinski definition) is 0. The van der Waals surface area contributed by atoms with Gasteiger partial charge in [0.1, 0.15) is 18.4 Å². The Hall–Kier alpha value is -3.86. The van der Waals surface area contributed by atoms with E-state index in [4.69, 9.17) is 35.5 Å². The van der Waals surface area contributed by atoms with Crippen molar-refractivity contribution in [1.29, 1.82) is 0 Å². The van der Waals surface area contributed by atoms with Crippen LogP contribution in [0.4, 0.5) is 0 Å². The van der Waals surface area contributed by atoms with Crippen LogP contribution in [0.1, 0.15) is 57.4 Å². The molecule has 3 aromatic carbocycles. The Morgan fingerprint density at radius 2 is 1.80 bits per heavy atom. The normalized spacial score (nSPS) is 14.6. The van der Waals surface area contributed by atoms with Crippen LogP contribution in [0, 0.1) is 0 Å². The van der Waals surface area contributed by atoms with Crippen molar-refractivity contribution in [3.63, 3.8) is 0 Å². The molecule has 0 fully saturated rings. The number of aromatic nitrogens is 1. The quantitative estimate of drug-likeness (QED) is 0.155. The fourth-order valence-corrected chi connectivity index (χ4v) is 6.96. The maximum Gasteiger partial charge on any atom is 0.338 e. The predicted molar refractivity (Wildman–Crippen MR) is 184 cm³/mol. The summed E-state index contributed by atoms with van der Waals surface area (Å²) in [7, 11) is 0. The summed E-state index contributed by atoms with van der Waals surface area (Å²) in [6.45, 7) is 10.1. The first-order valence-electron chi connectivity index (χ1n) is 14.9. The van der Waals surface area contributed by atoms with Gasteiger partial charge >= 0.3 is 5.97 Å². The first-order chi connectivity index (χ1) is 22.1. The zero-order valence-corrected chi connectivity index (χ0v) is 29.3. The van der Waals surface area contributed by atoms with Gasteiger partial charge in [0.25, 0.3) is 5.56 Å². The van der Waals surface area contributed by atoms with Crippen LogP contribution in [0.5, 0.6) is 17.2 Å². The molecule has 0 N–H and O–H groups in total. The summed E-state index contributed by atoms with van der Waals surface area (Å²) < 4.78 is 26.3. The molecule has 0 unspecified atom stereocenters. The fraction of sp³-hybridized carbons (Fsp3) is 0.286. The Morgan fingerprint density at radius 1 is 1.07 bits per heavy atom. The van der Waals surface area contributed by atoms with E-state index < -0.39 is 12.0 Å². The Balaban J connectivity index is 1.62. The number of halogens is 2. The lowest BCUT2D eigenvalue weighted by atomic mass is 9.95. The van der Waals surface area contributed by atoms with Gasteiger partial charge in [0, 0.05) is 16.1 Å². The minimum absolute atomic E-state index is 0.122. The van der Waals surface area contributed by atoms with Gasteiger partial charge in [0.2, 0.25) is 0 Å². The van der Waals surface area contributed by atoms with Gasteiger partial charge in [-0.25, -0.2) is 9.79 Å². The van der Waals surface area contributed by atoms with E-state index in [0.717, 1.165) is 5.56 Å². The van der Waals surface area contributed by atoms with Crippen LogP contribution < -0.4 is 29.1 Å². The van der Waals surface area contributed by atoms with E-state index in [0.29, 0.717) is 65.1 Å². The average molecular weight is 726 g/mol.